The summed E-state index contributed by atoms with van der Waals surface area (Å²) in [7, 11) is 0. The van der Waals surface area contributed by atoms with Crippen molar-refractivity contribution in [1.82, 2.24) is 0 Å². The molecule has 2 atom stereocenters. The van der Waals surface area contributed by atoms with Gasteiger partial charge in [0.1, 0.15) is 0 Å². The Morgan fingerprint density at radius 3 is 2.47 bits per heavy atom. The first-order valence-corrected chi connectivity index (χ1v) is 7.56. The van der Waals surface area contributed by atoms with Gasteiger partial charge in [0.15, 0.2) is 0 Å². The molecule has 1 aromatic rings. The lowest BCUT2D eigenvalue weighted by Gasteiger charge is -2.43. The number of nitrogens with one attached hydrogen (secondary N) is 1. The van der Waals surface area contributed by atoms with Crippen LogP contribution in [0.15, 0.2) is 18.2 Å². The SMILES string of the molecule is Cc1ccc(NC2(CN)CC(C)CC(C)C2)cc1Cl. The van der Waals surface area contributed by atoms with E-state index < -0.39 is 0 Å². The number of nitrogens with two attached hydrogens (primary N) is 1. The van der Waals surface area contributed by atoms with Gasteiger partial charge >= 0.3 is 0 Å². The lowest BCUT2D eigenvalue weighted by atomic mass is 9.71. The second-order valence-corrected chi connectivity index (χ2v) is 6.83. The minimum absolute atomic E-state index is 0.0235. The Bertz CT molecular complexity index is 434. The van der Waals surface area contributed by atoms with E-state index in [1.54, 1.807) is 0 Å². The van der Waals surface area contributed by atoms with E-state index in [2.05, 4.69) is 31.3 Å². The number of aryl methyl sites for hydroxylation is 1. The summed E-state index contributed by atoms with van der Waals surface area (Å²) in [6.07, 6.45) is 3.58. The molecule has 0 amide bonds. The Hall–Kier alpha value is -0.730. The Kier molecular flexibility index (Phi) is 4.42. The smallest absolute Gasteiger partial charge is 0.0500 e. The van der Waals surface area contributed by atoms with Crippen molar-refractivity contribution in [2.24, 2.45) is 17.6 Å². The number of hydrogen-bond donors (Lipinski definition) is 2. The summed E-state index contributed by atoms with van der Waals surface area (Å²) in [6.45, 7) is 7.34. The number of benzene rings is 1. The van der Waals surface area contributed by atoms with Gasteiger partial charge in [0.2, 0.25) is 0 Å². The van der Waals surface area contributed by atoms with Crippen LogP contribution >= 0.6 is 11.6 Å². The van der Waals surface area contributed by atoms with Crippen LogP contribution in [0.5, 0.6) is 0 Å². The molecule has 3 N–H and O–H groups in total. The molecule has 2 nitrogen and oxygen atoms in total. The summed E-state index contributed by atoms with van der Waals surface area (Å²) in [4.78, 5) is 0. The standard InChI is InChI=1S/C16H25ClN2/c1-11-6-12(2)9-16(8-11,10-18)19-14-5-4-13(3)15(17)7-14/h4-5,7,11-12,19H,6,8-10,18H2,1-3H3. The van der Waals surface area contributed by atoms with Gasteiger partial charge in [0.25, 0.3) is 0 Å². The van der Waals surface area contributed by atoms with Gasteiger partial charge in [-0.1, -0.05) is 31.5 Å². The van der Waals surface area contributed by atoms with Crippen molar-refractivity contribution in [3.05, 3.63) is 28.8 Å². The summed E-state index contributed by atoms with van der Waals surface area (Å²) < 4.78 is 0. The quantitative estimate of drug-likeness (QED) is 0.870. The van der Waals surface area contributed by atoms with Crippen LogP contribution in [0.4, 0.5) is 5.69 Å². The fourth-order valence-corrected chi connectivity index (χ4v) is 3.75. The van der Waals surface area contributed by atoms with Crippen LogP contribution in [0, 0.1) is 18.8 Å². The highest BCUT2D eigenvalue weighted by molar-refractivity contribution is 6.31. The van der Waals surface area contributed by atoms with E-state index >= 15 is 0 Å². The third kappa shape index (κ3) is 3.43. The highest BCUT2D eigenvalue weighted by Crippen LogP contribution is 2.38. The molecule has 0 aromatic heterocycles. The molecule has 0 spiro atoms. The van der Waals surface area contributed by atoms with E-state index in [1.165, 1.54) is 6.42 Å². The zero-order valence-corrected chi connectivity index (χ0v) is 12.9. The fraction of sp³-hybridized carbons (Fsp3) is 0.625. The molecule has 1 saturated carbocycles. The first kappa shape index (κ1) is 14.7. The Morgan fingerprint density at radius 2 is 1.95 bits per heavy atom. The van der Waals surface area contributed by atoms with Crippen molar-refractivity contribution in [3.8, 4) is 0 Å². The van der Waals surface area contributed by atoms with Gasteiger partial charge in [-0.25, -0.2) is 0 Å². The van der Waals surface area contributed by atoms with Gasteiger partial charge in [0, 0.05) is 17.3 Å². The largest absolute Gasteiger partial charge is 0.378 e. The second-order valence-electron chi connectivity index (χ2n) is 6.43. The predicted octanol–water partition coefficient (Wildman–Crippen LogP) is 4.21. The van der Waals surface area contributed by atoms with Crippen LogP contribution in [0.3, 0.4) is 0 Å². The molecule has 19 heavy (non-hydrogen) atoms. The zero-order valence-electron chi connectivity index (χ0n) is 12.2. The molecule has 2 rings (SSSR count). The molecular formula is C16H25ClN2. The maximum absolute atomic E-state index is 6.21. The van der Waals surface area contributed by atoms with Crippen LogP contribution in [0.1, 0.15) is 38.7 Å². The van der Waals surface area contributed by atoms with Gasteiger partial charge in [-0.05, 0) is 55.7 Å². The average molecular weight is 281 g/mol. The minimum atomic E-state index is 0.0235. The number of halogens is 1. The van der Waals surface area contributed by atoms with Crippen molar-refractivity contribution in [3.63, 3.8) is 0 Å². The van der Waals surface area contributed by atoms with E-state index in [9.17, 15) is 0 Å². The molecule has 1 aromatic carbocycles. The molecule has 0 aliphatic heterocycles. The van der Waals surface area contributed by atoms with E-state index in [-0.39, 0.29) is 5.54 Å². The summed E-state index contributed by atoms with van der Waals surface area (Å²) in [5.74, 6) is 1.45. The van der Waals surface area contributed by atoms with Gasteiger partial charge in [-0.3, -0.25) is 0 Å². The molecule has 106 valence electrons. The molecular weight excluding hydrogens is 256 g/mol. The lowest BCUT2D eigenvalue weighted by molar-refractivity contribution is 0.205. The van der Waals surface area contributed by atoms with Gasteiger partial charge in [0.05, 0.1) is 5.54 Å². The van der Waals surface area contributed by atoms with Crippen LogP contribution in [-0.2, 0) is 0 Å². The second kappa shape index (κ2) is 5.72. The fourth-order valence-electron chi connectivity index (χ4n) is 3.57. The van der Waals surface area contributed by atoms with Crippen molar-refractivity contribution in [2.45, 2.75) is 45.6 Å². The molecule has 1 aliphatic rings. The third-order valence-corrected chi connectivity index (χ3v) is 4.66. The van der Waals surface area contributed by atoms with Crippen LogP contribution in [0.2, 0.25) is 5.02 Å². The van der Waals surface area contributed by atoms with E-state index in [0.29, 0.717) is 6.54 Å². The summed E-state index contributed by atoms with van der Waals surface area (Å²) in [5, 5.41) is 4.48. The summed E-state index contributed by atoms with van der Waals surface area (Å²) >= 11 is 6.21. The molecule has 0 radical (unpaired) electrons. The van der Waals surface area contributed by atoms with Crippen LogP contribution in [-0.4, -0.2) is 12.1 Å². The van der Waals surface area contributed by atoms with Crippen LogP contribution < -0.4 is 11.1 Å². The average Bonchev–Trinajstić information content (AvgIpc) is 2.32. The van der Waals surface area contributed by atoms with Gasteiger partial charge in [-0.2, -0.15) is 0 Å². The van der Waals surface area contributed by atoms with E-state index in [4.69, 9.17) is 17.3 Å². The molecule has 0 heterocycles. The maximum atomic E-state index is 6.21. The molecule has 3 heteroatoms. The highest BCUT2D eigenvalue weighted by atomic mass is 35.5. The highest BCUT2D eigenvalue weighted by Gasteiger charge is 2.36. The van der Waals surface area contributed by atoms with E-state index in [0.717, 1.165) is 41.0 Å². The van der Waals surface area contributed by atoms with Gasteiger partial charge < -0.3 is 11.1 Å². The van der Waals surface area contributed by atoms with Crippen molar-refractivity contribution >= 4 is 17.3 Å². The topological polar surface area (TPSA) is 38.0 Å². The number of hydrogen-bond acceptors (Lipinski definition) is 2. The Labute approximate surface area is 121 Å². The lowest BCUT2D eigenvalue weighted by Crippen LogP contribution is -2.50. The van der Waals surface area contributed by atoms with E-state index in [1.807, 2.05) is 13.0 Å². The predicted molar refractivity (Wildman–Crippen MR) is 83.8 cm³/mol. The molecule has 0 saturated heterocycles. The normalized spacial score (nSPS) is 31.2. The Balaban J connectivity index is 2.19. The zero-order chi connectivity index (χ0) is 14.0. The van der Waals surface area contributed by atoms with Crippen LogP contribution in [0.25, 0.3) is 0 Å². The molecule has 0 bridgehead atoms. The molecule has 1 aliphatic carbocycles. The summed E-state index contributed by atoms with van der Waals surface area (Å²) in [6, 6.07) is 6.17. The first-order chi connectivity index (χ1) is 8.94. The first-order valence-electron chi connectivity index (χ1n) is 7.18. The maximum Gasteiger partial charge on any atom is 0.0500 e. The third-order valence-electron chi connectivity index (χ3n) is 4.26. The monoisotopic (exact) mass is 280 g/mol. The molecule has 2 unspecified atom stereocenters. The van der Waals surface area contributed by atoms with Crippen molar-refractivity contribution in [2.75, 3.05) is 11.9 Å². The number of rotatable bonds is 3. The minimum Gasteiger partial charge on any atom is -0.378 e. The summed E-state index contributed by atoms with van der Waals surface area (Å²) in [5.41, 5.74) is 8.30. The molecule has 1 fully saturated rings. The Morgan fingerprint density at radius 1 is 1.32 bits per heavy atom. The van der Waals surface area contributed by atoms with Gasteiger partial charge in [-0.15, -0.1) is 0 Å². The van der Waals surface area contributed by atoms with Crippen molar-refractivity contribution in [1.29, 1.82) is 0 Å². The van der Waals surface area contributed by atoms with Crippen molar-refractivity contribution < 1.29 is 0 Å². The number of anilines is 1.